The van der Waals surface area contributed by atoms with Gasteiger partial charge >= 0.3 is 18.9 Å². The third-order valence-electron chi connectivity index (χ3n) is 7.15. The van der Waals surface area contributed by atoms with Crippen molar-refractivity contribution in [3.05, 3.63) is 52.6 Å². The molecule has 202 valence electrons. The van der Waals surface area contributed by atoms with E-state index in [4.69, 9.17) is 9.47 Å². The summed E-state index contributed by atoms with van der Waals surface area (Å²) in [7, 11) is 0.0234. The summed E-state index contributed by atoms with van der Waals surface area (Å²) in [4.78, 5) is 13.4. The standard InChI is InChI=1S/C32H49O3P.Li.H/c1-8-12-14-26(10-3)21-34-28-16-17-30(29(20-28)35-22-27(11-4)15-13-9-2)36-32(33)31-24(6)18-23(5)19-25(31)7;;/h16-20,26-27,36H,8-15,21-22H2,1-7H3;;/q;+1;-1. The van der Waals surface area contributed by atoms with E-state index in [1.54, 1.807) is 0 Å². The molecule has 0 heterocycles. The van der Waals surface area contributed by atoms with Gasteiger partial charge in [0.15, 0.2) is 5.52 Å². The third kappa shape index (κ3) is 11.2. The average molecular weight is 521 g/mol. The Hall–Kier alpha value is -1.26. The molecule has 0 saturated heterocycles. The Morgan fingerprint density at radius 1 is 0.838 bits per heavy atom. The van der Waals surface area contributed by atoms with Crippen LogP contribution in [-0.2, 0) is 0 Å². The minimum absolute atomic E-state index is 0. The van der Waals surface area contributed by atoms with E-state index in [9.17, 15) is 4.79 Å². The van der Waals surface area contributed by atoms with Gasteiger partial charge < -0.3 is 10.9 Å². The molecule has 5 heteroatoms. The smallest absolute Gasteiger partial charge is 1.00 e. The first-order valence-electron chi connectivity index (χ1n) is 14.1. The normalized spacial score (nSPS) is 12.8. The second-order valence-corrected chi connectivity index (χ2v) is 11.6. The van der Waals surface area contributed by atoms with Crippen LogP contribution in [0.1, 0.15) is 108 Å². The van der Waals surface area contributed by atoms with Crippen LogP contribution in [0.15, 0.2) is 30.3 Å². The van der Waals surface area contributed by atoms with Crippen molar-refractivity contribution < 1.29 is 34.6 Å². The Morgan fingerprint density at radius 3 is 1.89 bits per heavy atom. The van der Waals surface area contributed by atoms with Gasteiger partial charge in [0.2, 0.25) is 0 Å². The van der Waals surface area contributed by atoms with Gasteiger partial charge in [-0.25, -0.2) is 0 Å². The summed E-state index contributed by atoms with van der Waals surface area (Å²) < 4.78 is 12.6. The van der Waals surface area contributed by atoms with Gasteiger partial charge in [0.05, 0.1) is 13.2 Å². The van der Waals surface area contributed by atoms with Crippen LogP contribution in [0.4, 0.5) is 0 Å². The topological polar surface area (TPSA) is 35.5 Å². The molecular weight excluding hydrogens is 470 g/mol. The summed E-state index contributed by atoms with van der Waals surface area (Å²) in [5.41, 5.74) is 4.32. The van der Waals surface area contributed by atoms with Crippen LogP contribution in [0, 0.1) is 32.6 Å². The molecule has 2 rings (SSSR count). The van der Waals surface area contributed by atoms with E-state index in [0.29, 0.717) is 18.4 Å². The zero-order chi connectivity index (χ0) is 26.5. The van der Waals surface area contributed by atoms with Crippen molar-refractivity contribution in [3.63, 3.8) is 0 Å². The molecule has 0 aliphatic rings. The van der Waals surface area contributed by atoms with Crippen molar-refractivity contribution >= 4 is 19.4 Å². The largest absolute Gasteiger partial charge is 1.00 e. The molecule has 2 aromatic carbocycles. The van der Waals surface area contributed by atoms with E-state index in [1.165, 1.54) is 44.1 Å². The van der Waals surface area contributed by atoms with Crippen molar-refractivity contribution in [3.8, 4) is 11.5 Å². The Morgan fingerprint density at radius 2 is 1.38 bits per heavy atom. The van der Waals surface area contributed by atoms with Gasteiger partial charge in [0.25, 0.3) is 0 Å². The Balaban J connectivity index is 0.00000684. The van der Waals surface area contributed by atoms with Gasteiger partial charge in [-0.05, 0) is 77.3 Å². The van der Waals surface area contributed by atoms with E-state index in [0.717, 1.165) is 52.9 Å². The SMILES string of the molecule is CCCCC(CC)COc1ccc(PC(=O)c2c(C)cc(C)cc2C)c(OCC(CC)CCCC)c1.[H-].[Li+]. The van der Waals surface area contributed by atoms with Gasteiger partial charge in [-0.3, -0.25) is 4.79 Å². The van der Waals surface area contributed by atoms with E-state index in [-0.39, 0.29) is 34.4 Å². The maximum absolute atomic E-state index is 13.4. The van der Waals surface area contributed by atoms with Gasteiger partial charge in [0, 0.05) is 16.9 Å². The molecule has 0 fully saturated rings. The first-order valence-corrected chi connectivity index (χ1v) is 15.1. The summed E-state index contributed by atoms with van der Waals surface area (Å²) in [5.74, 6) is 2.74. The molecule has 0 N–H and O–H groups in total. The van der Waals surface area contributed by atoms with Crippen LogP contribution in [0.25, 0.3) is 0 Å². The molecule has 0 aliphatic heterocycles. The Kier molecular flexibility index (Phi) is 16.5. The molecule has 3 atom stereocenters. The van der Waals surface area contributed by atoms with Gasteiger partial charge in [0.1, 0.15) is 11.5 Å². The molecular formula is C32H50LiO3P. The summed E-state index contributed by atoms with van der Waals surface area (Å²) in [6.45, 7) is 16.5. The molecule has 3 nitrogen and oxygen atoms in total. The fourth-order valence-corrected chi connectivity index (χ4v) is 5.95. The molecule has 0 saturated carbocycles. The van der Waals surface area contributed by atoms with Crippen LogP contribution in [0.5, 0.6) is 11.5 Å². The predicted molar refractivity (Wildman–Crippen MR) is 158 cm³/mol. The van der Waals surface area contributed by atoms with E-state index >= 15 is 0 Å². The van der Waals surface area contributed by atoms with Crippen LogP contribution in [0.2, 0.25) is 0 Å². The van der Waals surface area contributed by atoms with Crippen molar-refractivity contribution in [2.75, 3.05) is 13.2 Å². The van der Waals surface area contributed by atoms with Crippen molar-refractivity contribution in [1.29, 1.82) is 0 Å². The molecule has 0 amide bonds. The molecule has 37 heavy (non-hydrogen) atoms. The van der Waals surface area contributed by atoms with Crippen molar-refractivity contribution in [2.24, 2.45) is 11.8 Å². The minimum atomic E-state index is 0. The average Bonchev–Trinajstić information content (AvgIpc) is 2.84. The molecule has 0 aliphatic carbocycles. The number of benzene rings is 2. The molecule has 0 spiro atoms. The predicted octanol–water partition coefficient (Wildman–Crippen LogP) is 6.06. The number of unbranched alkanes of at least 4 members (excludes halogenated alkanes) is 2. The zero-order valence-corrected chi connectivity index (χ0v) is 25.8. The number of carbonyl (C=O) groups is 1. The Bertz CT molecular complexity index is 943. The van der Waals surface area contributed by atoms with Crippen molar-refractivity contribution in [1.82, 2.24) is 0 Å². The first-order chi connectivity index (χ1) is 17.3. The summed E-state index contributed by atoms with van der Waals surface area (Å²) >= 11 is 0. The van der Waals surface area contributed by atoms with E-state index in [2.05, 4.69) is 46.8 Å². The molecule has 0 aromatic heterocycles. The quantitative estimate of drug-likeness (QED) is 0.188. The maximum Gasteiger partial charge on any atom is 1.00 e. The molecule has 0 bridgehead atoms. The van der Waals surface area contributed by atoms with Crippen LogP contribution < -0.4 is 33.6 Å². The summed E-state index contributed by atoms with van der Waals surface area (Å²) in [6, 6.07) is 10.3. The van der Waals surface area contributed by atoms with Gasteiger partial charge in [-0.1, -0.05) is 83.9 Å². The van der Waals surface area contributed by atoms with Crippen molar-refractivity contribution in [2.45, 2.75) is 99.8 Å². The third-order valence-corrected chi connectivity index (χ3v) is 8.31. The fraction of sp³-hybridized carbons (Fsp3) is 0.594. The molecule has 3 unspecified atom stereocenters. The number of aryl methyl sites for hydroxylation is 3. The van der Waals surface area contributed by atoms with Gasteiger partial charge in [-0.15, -0.1) is 0 Å². The Labute approximate surface area is 242 Å². The van der Waals surface area contributed by atoms with Gasteiger partial charge in [-0.2, -0.15) is 0 Å². The summed E-state index contributed by atoms with van der Waals surface area (Å²) in [5, 5.41) is 0.968. The zero-order valence-electron chi connectivity index (χ0n) is 25.8. The van der Waals surface area contributed by atoms with E-state index in [1.807, 2.05) is 32.0 Å². The maximum atomic E-state index is 13.4. The van der Waals surface area contributed by atoms with Crippen LogP contribution in [0.3, 0.4) is 0 Å². The van der Waals surface area contributed by atoms with E-state index < -0.39 is 0 Å². The molecule has 2 aromatic rings. The number of hydrogen-bond acceptors (Lipinski definition) is 3. The number of hydrogen-bond donors (Lipinski definition) is 0. The fourth-order valence-electron chi connectivity index (χ4n) is 4.76. The molecule has 0 radical (unpaired) electrons. The first kappa shape index (κ1) is 33.8. The monoisotopic (exact) mass is 520 g/mol. The van der Waals surface area contributed by atoms with Crippen LogP contribution in [-0.4, -0.2) is 18.7 Å². The number of ether oxygens (including phenoxy) is 2. The number of rotatable bonds is 17. The summed E-state index contributed by atoms with van der Waals surface area (Å²) in [6.07, 6.45) is 9.49. The number of carbonyl (C=O) groups excluding carboxylic acids is 1. The second-order valence-electron chi connectivity index (χ2n) is 10.3. The van der Waals surface area contributed by atoms with Crippen LogP contribution >= 0.6 is 8.58 Å². The minimum Gasteiger partial charge on any atom is -1.00 e. The second kappa shape index (κ2) is 18.1.